The maximum atomic E-state index is 13.4. The summed E-state index contributed by atoms with van der Waals surface area (Å²) >= 11 is 0. The summed E-state index contributed by atoms with van der Waals surface area (Å²) in [5, 5.41) is 0. The lowest BCUT2D eigenvalue weighted by atomic mass is 10.1. The first-order chi connectivity index (χ1) is 9.26. The summed E-state index contributed by atoms with van der Waals surface area (Å²) in [5.74, 6) is 0.605. The zero-order chi connectivity index (χ0) is 13.7. The molecule has 0 radical (unpaired) electrons. The first kappa shape index (κ1) is 13.5. The lowest BCUT2D eigenvalue weighted by Gasteiger charge is -2.24. The third kappa shape index (κ3) is 3.09. The van der Waals surface area contributed by atoms with E-state index in [0.29, 0.717) is 6.54 Å². The number of pyridine rings is 1. The standard InChI is InChI=1S/C15H18FN3/c1-2-19(14-7-3-6-13(16)11-14)15-12(8-9-17)5-4-10-18-15/h3-7,10-11H,2,8-9,17H2,1H3. The molecule has 2 N–H and O–H groups in total. The van der Waals surface area contributed by atoms with Crippen molar-refractivity contribution in [3.8, 4) is 0 Å². The minimum Gasteiger partial charge on any atom is -0.330 e. The van der Waals surface area contributed by atoms with Crippen LogP contribution in [0.15, 0.2) is 42.6 Å². The quantitative estimate of drug-likeness (QED) is 0.897. The van der Waals surface area contributed by atoms with Gasteiger partial charge in [-0.1, -0.05) is 12.1 Å². The smallest absolute Gasteiger partial charge is 0.136 e. The first-order valence-electron chi connectivity index (χ1n) is 6.43. The van der Waals surface area contributed by atoms with E-state index >= 15 is 0 Å². The summed E-state index contributed by atoms with van der Waals surface area (Å²) in [4.78, 5) is 6.42. The van der Waals surface area contributed by atoms with E-state index in [4.69, 9.17) is 5.73 Å². The van der Waals surface area contributed by atoms with Crippen molar-refractivity contribution in [1.82, 2.24) is 4.98 Å². The Kier molecular flexibility index (Phi) is 4.47. The molecule has 0 aliphatic rings. The fourth-order valence-corrected chi connectivity index (χ4v) is 2.12. The van der Waals surface area contributed by atoms with Gasteiger partial charge in [0.15, 0.2) is 0 Å². The Morgan fingerprint density at radius 1 is 1.26 bits per heavy atom. The molecule has 0 fully saturated rings. The van der Waals surface area contributed by atoms with Crippen LogP contribution in [-0.4, -0.2) is 18.1 Å². The number of hydrogen-bond donors (Lipinski definition) is 1. The number of hydrogen-bond acceptors (Lipinski definition) is 3. The molecular formula is C15H18FN3. The van der Waals surface area contributed by atoms with Gasteiger partial charge >= 0.3 is 0 Å². The van der Waals surface area contributed by atoms with Crippen LogP contribution in [0.2, 0.25) is 0 Å². The molecule has 3 nitrogen and oxygen atoms in total. The van der Waals surface area contributed by atoms with Crippen molar-refractivity contribution in [3.05, 3.63) is 54.0 Å². The average molecular weight is 259 g/mol. The molecule has 0 atom stereocenters. The van der Waals surface area contributed by atoms with Gasteiger partial charge in [0.25, 0.3) is 0 Å². The maximum Gasteiger partial charge on any atom is 0.136 e. The zero-order valence-electron chi connectivity index (χ0n) is 11.0. The fourth-order valence-electron chi connectivity index (χ4n) is 2.12. The molecule has 0 amide bonds. The second kappa shape index (κ2) is 6.29. The van der Waals surface area contributed by atoms with Gasteiger partial charge in [0.2, 0.25) is 0 Å². The van der Waals surface area contributed by atoms with Crippen molar-refractivity contribution in [2.75, 3.05) is 18.0 Å². The molecule has 0 aliphatic heterocycles. The summed E-state index contributed by atoms with van der Waals surface area (Å²) < 4.78 is 13.4. The second-order valence-corrected chi connectivity index (χ2v) is 4.25. The summed E-state index contributed by atoms with van der Waals surface area (Å²) in [5.41, 5.74) is 7.51. The van der Waals surface area contributed by atoms with Crippen LogP contribution in [0.5, 0.6) is 0 Å². The molecule has 2 aromatic rings. The summed E-state index contributed by atoms with van der Waals surface area (Å²) in [6, 6.07) is 10.5. The van der Waals surface area contributed by atoms with Crippen LogP contribution < -0.4 is 10.6 Å². The van der Waals surface area contributed by atoms with Crippen LogP contribution in [0.1, 0.15) is 12.5 Å². The number of aromatic nitrogens is 1. The van der Waals surface area contributed by atoms with E-state index in [9.17, 15) is 4.39 Å². The van der Waals surface area contributed by atoms with Gasteiger partial charge in [-0.15, -0.1) is 0 Å². The predicted octanol–water partition coefficient (Wildman–Crippen LogP) is 2.88. The van der Waals surface area contributed by atoms with Gasteiger partial charge < -0.3 is 10.6 Å². The predicted molar refractivity (Wildman–Crippen MR) is 76.1 cm³/mol. The topological polar surface area (TPSA) is 42.2 Å². The van der Waals surface area contributed by atoms with Gasteiger partial charge in [-0.2, -0.15) is 0 Å². The second-order valence-electron chi connectivity index (χ2n) is 4.25. The van der Waals surface area contributed by atoms with Crippen molar-refractivity contribution in [2.24, 2.45) is 5.73 Å². The molecule has 0 aliphatic carbocycles. The molecule has 100 valence electrons. The number of rotatable bonds is 5. The van der Waals surface area contributed by atoms with Gasteiger partial charge in [0, 0.05) is 18.4 Å². The molecule has 0 saturated carbocycles. The van der Waals surface area contributed by atoms with Crippen molar-refractivity contribution in [3.63, 3.8) is 0 Å². The van der Waals surface area contributed by atoms with Crippen LogP contribution >= 0.6 is 0 Å². The highest BCUT2D eigenvalue weighted by atomic mass is 19.1. The van der Waals surface area contributed by atoms with Gasteiger partial charge in [-0.25, -0.2) is 9.37 Å². The monoisotopic (exact) mass is 259 g/mol. The molecule has 0 spiro atoms. The van der Waals surface area contributed by atoms with Crippen LogP contribution in [0.3, 0.4) is 0 Å². The first-order valence-corrected chi connectivity index (χ1v) is 6.43. The van der Waals surface area contributed by atoms with E-state index in [1.54, 1.807) is 12.3 Å². The summed E-state index contributed by atoms with van der Waals surface area (Å²) in [6.07, 6.45) is 2.51. The van der Waals surface area contributed by atoms with Gasteiger partial charge in [0.05, 0.1) is 0 Å². The lowest BCUT2D eigenvalue weighted by Crippen LogP contribution is -2.20. The Hall–Kier alpha value is -1.94. The van der Waals surface area contributed by atoms with E-state index in [0.717, 1.165) is 30.0 Å². The Bertz CT molecular complexity index is 542. The molecule has 1 aromatic carbocycles. The van der Waals surface area contributed by atoms with Crippen molar-refractivity contribution >= 4 is 11.5 Å². The zero-order valence-corrected chi connectivity index (χ0v) is 11.0. The maximum absolute atomic E-state index is 13.4. The number of nitrogens with zero attached hydrogens (tertiary/aromatic N) is 2. The molecule has 0 unspecified atom stereocenters. The molecule has 0 bridgehead atoms. The van der Waals surface area contributed by atoms with Crippen LogP contribution in [0.25, 0.3) is 0 Å². The molecule has 4 heteroatoms. The molecule has 2 rings (SSSR count). The number of nitrogens with two attached hydrogens (primary N) is 1. The molecule has 19 heavy (non-hydrogen) atoms. The Morgan fingerprint density at radius 3 is 2.79 bits per heavy atom. The van der Waals surface area contributed by atoms with Crippen molar-refractivity contribution < 1.29 is 4.39 Å². The summed E-state index contributed by atoms with van der Waals surface area (Å²) in [7, 11) is 0. The SMILES string of the molecule is CCN(c1cccc(F)c1)c1ncccc1CCN. The van der Waals surface area contributed by atoms with Gasteiger partial charge in [-0.05, 0) is 49.7 Å². The van der Waals surface area contributed by atoms with Crippen molar-refractivity contribution in [1.29, 1.82) is 0 Å². The summed E-state index contributed by atoms with van der Waals surface area (Å²) in [6.45, 7) is 3.31. The molecule has 1 heterocycles. The Labute approximate surface area is 112 Å². The number of halogens is 1. The van der Waals surface area contributed by atoms with E-state index in [2.05, 4.69) is 4.98 Å². The van der Waals surface area contributed by atoms with Crippen LogP contribution in [0, 0.1) is 5.82 Å². The normalized spacial score (nSPS) is 10.5. The average Bonchev–Trinajstić information content (AvgIpc) is 2.42. The minimum atomic E-state index is -0.243. The largest absolute Gasteiger partial charge is 0.330 e. The van der Waals surface area contributed by atoms with E-state index in [-0.39, 0.29) is 5.82 Å². The van der Waals surface area contributed by atoms with E-state index in [1.165, 1.54) is 12.1 Å². The number of benzene rings is 1. The van der Waals surface area contributed by atoms with E-state index < -0.39 is 0 Å². The highest BCUT2D eigenvalue weighted by molar-refractivity contribution is 5.62. The van der Waals surface area contributed by atoms with Gasteiger partial charge in [0.1, 0.15) is 11.6 Å². The Morgan fingerprint density at radius 2 is 2.11 bits per heavy atom. The minimum absolute atomic E-state index is 0.243. The number of anilines is 2. The third-order valence-electron chi connectivity index (χ3n) is 2.97. The van der Waals surface area contributed by atoms with Crippen molar-refractivity contribution in [2.45, 2.75) is 13.3 Å². The van der Waals surface area contributed by atoms with Crippen LogP contribution in [-0.2, 0) is 6.42 Å². The Balaban J connectivity index is 2.42. The lowest BCUT2D eigenvalue weighted by molar-refractivity contribution is 0.627. The molecular weight excluding hydrogens is 241 g/mol. The van der Waals surface area contributed by atoms with E-state index in [1.807, 2.05) is 30.0 Å². The fraction of sp³-hybridized carbons (Fsp3) is 0.267. The third-order valence-corrected chi connectivity index (χ3v) is 2.97. The van der Waals surface area contributed by atoms with Crippen LogP contribution in [0.4, 0.5) is 15.9 Å². The molecule has 0 saturated heterocycles. The highest BCUT2D eigenvalue weighted by Crippen LogP contribution is 2.26. The molecule has 1 aromatic heterocycles. The highest BCUT2D eigenvalue weighted by Gasteiger charge is 2.13. The van der Waals surface area contributed by atoms with Gasteiger partial charge in [-0.3, -0.25) is 0 Å².